The molecule has 0 aliphatic carbocycles. The molecule has 92 valence electrons. The monoisotopic (exact) mass is 232 g/mol. The van der Waals surface area contributed by atoms with Crippen molar-refractivity contribution in [3.05, 3.63) is 0 Å². The van der Waals surface area contributed by atoms with Gasteiger partial charge in [-0.15, -0.1) is 0 Å². The molecule has 0 fully saturated rings. The summed E-state index contributed by atoms with van der Waals surface area (Å²) in [6.45, 7) is 0.393. The first kappa shape index (κ1) is 14.0. The standard InChI is InChI=1S/C8H16N4O4/c1-16-6(13)5(12-8(14)15)3-2-4-11-7(9)10/h5,12H,2-4H2,1H3,(H,14,15)(H4,9,10,11)/t5-/m0/s1. The van der Waals surface area contributed by atoms with E-state index in [4.69, 9.17) is 16.2 Å². The van der Waals surface area contributed by atoms with Crippen molar-refractivity contribution >= 4 is 18.0 Å². The number of methoxy groups -OCH3 is 1. The van der Waals surface area contributed by atoms with Crippen LogP contribution in [0.4, 0.5) is 4.79 Å². The number of carbonyl (C=O) groups is 2. The molecule has 0 heterocycles. The van der Waals surface area contributed by atoms with Crippen molar-refractivity contribution in [3.63, 3.8) is 0 Å². The van der Waals surface area contributed by atoms with Crippen LogP contribution >= 0.6 is 0 Å². The van der Waals surface area contributed by atoms with Crippen LogP contribution in [0.5, 0.6) is 0 Å². The first-order chi connectivity index (χ1) is 7.47. The molecule has 0 saturated heterocycles. The van der Waals surface area contributed by atoms with Crippen LogP contribution in [0.15, 0.2) is 0 Å². The molecular formula is C8H16N4O4. The first-order valence-corrected chi connectivity index (χ1v) is 4.62. The van der Waals surface area contributed by atoms with Gasteiger partial charge in [0.2, 0.25) is 0 Å². The maximum Gasteiger partial charge on any atom is 0.405 e. The largest absolute Gasteiger partial charge is 0.467 e. The van der Waals surface area contributed by atoms with Gasteiger partial charge >= 0.3 is 12.1 Å². The Labute approximate surface area is 92.6 Å². The van der Waals surface area contributed by atoms with Gasteiger partial charge in [-0.25, -0.2) is 9.59 Å². The zero-order valence-electron chi connectivity index (χ0n) is 8.95. The van der Waals surface area contributed by atoms with Crippen molar-refractivity contribution in [1.82, 2.24) is 10.6 Å². The third-order valence-corrected chi connectivity index (χ3v) is 1.77. The fourth-order valence-electron chi connectivity index (χ4n) is 1.07. The number of esters is 1. The van der Waals surface area contributed by atoms with Crippen molar-refractivity contribution in [2.24, 2.45) is 5.73 Å². The van der Waals surface area contributed by atoms with Gasteiger partial charge in [-0.3, -0.25) is 5.41 Å². The van der Waals surface area contributed by atoms with Gasteiger partial charge in [0.15, 0.2) is 5.96 Å². The second kappa shape index (κ2) is 7.32. The molecule has 0 rings (SSSR count). The highest BCUT2D eigenvalue weighted by molar-refractivity contribution is 5.80. The van der Waals surface area contributed by atoms with Gasteiger partial charge in [0, 0.05) is 6.54 Å². The van der Waals surface area contributed by atoms with Crippen molar-refractivity contribution < 1.29 is 19.4 Å². The molecule has 0 spiro atoms. The minimum atomic E-state index is -1.28. The zero-order chi connectivity index (χ0) is 12.6. The van der Waals surface area contributed by atoms with E-state index in [0.29, 0.717) is 13.0 Å². The average Bonchev–Trinajstić information content (AvgIpc) is 2.20. The van der Waals surface area contributed by atoms with Crippen molar-refractivity contribution in [2.45, 2.75) is 18.9 Å². The fourth-order valence-corrected chi connectivity index (χ4v) is 1.07. The van der Waals surface area contributed by atoms with Crippen LogP contribution < -0.4 is 16.4 Å². The summed E-state index contributed by atoms with van der Waals surface area (Å²) in [7, 11) is 1.19. The molecular weight excluding hydrogens is 216 g/mol. The van der Waals surface area contributed by atoms with Crippen LogP contribution in [-0.4, -0.2) is 42.8 Å². The van der Waals surface area contributed by atoms with Crippen LogP contribution in [-0.2, 0) is 9.53 Å². The molecule has 8 heteroatoms. The number of hydrogen-bond acceptors (Lipinski definition) is 4. The first-order valence-electron chi connectivity index (χ1n) is 4.62. The molecule has 1 atom stereocenters. The SMILES string of the molecule is COC(=O)[C@H](CCCNC(=N)N)NC(=O)O. The number of nitrogens with one attached hydrogen (secondary N) is 3. The van der Waals surface area contributed by atoms with Crippen molar-refractivity contribution in [1.29, 1.82) is 5.41 Å². The maximum atomic E-state index is 11.1. The molecule has 0 aliphatic rings. The van der Waals surface area contributed by atoms with Crippen LogP contribution in [0.1, 0.15) is 12.8 Å². The van der Waals surface area contributed by atoms with Gasteiger partial charge in [0.1, 0.15) is 6.04 Å². The van der Waals surface area contributed by atoms with Gasteiger partial charge in [0.05, 0.1) is 7.11 Å². The van der Waals surface area contributed by atoms with E-state index >= 15 is 0 Å². The maximum absolute atomic E-state index is 11.1. The summed E-state index contributed by atoms with van der Waals surface area (Å²) in [4.78, 5) is 21.5. The molecule has 0 unspecified atom stereocenters. The highest BCUT2D eigenvalue weighted by Gasteiger charge is 2.20. The minimum absolute atomic E-state index is 0.166. The van der Waals surface area contributed by atoms with E-state index < -0.39 is 18.1 Å². The molecule has 0 aliphatic heterocycles. The van der Waals surface area contributed by atoms with Crippen molar-refractivity contribution in [3.8, 4) is 0 Å². The third-order valence-electron chi connectivity index (χ3n) is 1.77. The normalized spacial score (nSPS) is 11.3. The molecule has 1 amide bonds. The van der Waals surface area contributed by atoms with Crippen LogP contribution in [0.25, 0.3) is 0 Å². The number of nitrogens with two attached hydrogens (primary N) is 1. The lowest BCUT2D eigenvalue weighted by molar-refractivity contribution is -0.143. The van der Waals surface area contributed by atoms with E-state index in [9.17, 15) is 9.59 Å². The Bertz CT molecular complexity index is 269. The summed E-state index contributed by atoms with van der Waals surface area (Å²) < 4.78 is 4.44. The van der Waals surface area contributed by atoms with E-state index in [0.717, 1.165) is 0 Å². The van der Waals surface area contributed by atoms with Gasteiger partial charge in [-0.05, 0) is 12.8 Å². The summed E-state index contributed by atoms with van der Waals surface area (Å²) >= 11 is 0. The van der Waals surface area contributed by atoms with E-state index in [1.807, 2.05) is 5.32 Å². The number of carboxylic acid groups (broad SMARTS) is 1. The molecule has 0 aromatic heterocycles. The van der Waals surface area contributed by atoms with Gasteiger partial charge in [0.25, 0.3) is 0 Å². The van der Waals surface area contributed by atoms with Crippen LogP contribution in [0, 0.1) is 5.41 Å². The Morgan fingerprint density at radius 1 is 1.56 bits per heavy atom. The number of carbonyl (C=O) groups excluding carboxylic acids is 1. The summed E-state index contributed by atoms with van der Waals surface area (Å²) in [5, 5.41) is 20.0. The third kappa shape index (κ3) is 6.46. The molecule has 16 heavy (non-hydrogen) atoms. The van der Waals surface area contributed by atoms with E-state index in [1.165, 1.54) is 7.11 Å². The van der Waals surface area contributed by atoms with E-state index in [2.05, 4.69) is 10.1 Å². The van der Waals surface area contributed by atoms with Crippen LogP contribution in [0.3, 0.4) is 0 Å². The summed E-state index contributed by atoms with van der Waals surface area (Å²) in [6.07, 6.45) is -0.520. The Kier molecular flexibility index (Phi) is 6.41. The van der Waals surface area contributed by atoms with Gasteiger partial charge in [-0.2, -0.15) is 0 Å². The Morgan fingerprint density at radius 2 is 2.19 bits per heavy atom. The predicted octanol–water partition coefficient (Wildman–Crippen LogP) is -0.941. The topological polar surface area (TPSA) is 138 Å². The summed E-state index contributed by atoms with van der Waals surface area (Å²) in [5.41, 5.74) is 5.05. The Hall–Kier alpha value is -1.99. The second-order valence-corrected chi connectivity index (χ2v) is 3.01. The highest BCUT2D eigenvalue weighted by atomic mass is 16.5. The predicted molar refractivity (Wildman–Crippen MR) is 56.1 cm³/mol. The molecule has 0 radical (unpaired) electrons. The lowest BCUT2D eigenvalue weighted by Crippen LogP contribution is -2.41. The van der Waals surface area contributed by atoms with E-state index in [1.54, 1.807) is 0 Å². The highest BCUT2D eigenvalue weighted by Crippen LogP contribution is 1.99. The minimum Gasteiger partial charge on any atom is -0.467 e. The lowest BCUT2D eigenvalue weighted by atomic mass is 10.1. The number of rotatable bonds is 6. The summed E-state index contributed by atoms with van der Waals surface area (Å²) in [5.74, 6) is -0.800. The molecule has 0 bridgehead atoms. The van der Waals surface area contributed by atoms with Gasteiger partial charge in [-0.1, -0.05) is 0 Å². The molecule has 8 nitrogen and oxygen atoms in total. The average molecular weight is 232 g/mol. The molecule has 0 aromatic rings. The van der Waals surface area contributed by atoms with Gasteiger partial charge < -0.3 is 26.2 Å². The number of amides is 1. The van der Waals surface area contributed by atoms with Crippen molar-refractivity contribution in [2.75, 3.05) is 13.7 Å². The Morgan fingerprint density at radius 3 is 2.62 bits per heavy atom. The number of ether oxygens (including phenoxy) is 1. The lowest BCUT2D eigenvalue weighted by Gasteiger charge is -2.14. The molecule has 0 saturated carbocycles. The fraction of sp³-hybridized carbons (Fsp3) is 0.625. The number of guanidine groups is 1. The zero-order valence-corrected chi connectivity index (χ0v) is 8.95. The second-order valence-electron chi connectivity index (χ2n) is 3.01. The Balaban J connectivity index is 3.97. The number of hydrogen-bond donors (Lipinski definition) is 5. The van der Waals surface area contributed by atoms with Crippen LogP contribution in [0.2, 0.25) is 0 Å². The molecule has 6 N–H and O–H groups in total. The van der Waals surface area contributed by atoms with E-state index in [-0.39, 0.29) is 12.4 Å². The molecule has 0 aromatic carbocycles. The smallest absolute Gasteiger partial charge is 0.405 e. The quantitative estimate of drug-likeness (QED) is 0.173. The summed E-state index contributed by atoms with van der Waals surface area (Å²) in [6, 6.07) is -0.892.